The van der Waals surface area contributed by atoms with Gasteiger partial charge < -0.3 is 10.1 Å². The highest BCUT2D eigenvalue weighted by Gasteiger charge is 2.33. The number of benzene rings is 1. The van der Waals surface area contributed by atoms with Crippen LogP contribution in [0.4, 0.5) is 5.13 Å². The van der Waals surface area contributed by atoms with Gasteiger partial charge in [0, 0.05) is 11.9 Å². The number of carbonyl (C=O) groups is 1. The zero-order valence-corrected chi connectivity index (χ0v) is 13.4. The minimum atomic E-state index is -0.723. The first-order chi connectivity index (χ1) is 10.0. The summed E-state index contributed by atoms with van der Waals surface area (Å²) >= 11 is 1.50. The summed E-state index contributed by atoms with van der Waals surface area (Å²) in [6.07, 6.45) is 0. The van der Waals surface area contributed by atoms with Gasteiger partial charge in [0.1, 0.15) is 5.41 Å². The fourth-order valence-electron chi connectivity index (χ4n) is 1.83. The number of carbonyl (C=O) groups excluding carboxylic acids is 1. The second-order valence-electron chi connectivity index (χ2n) is 5.22. The molecule has 0 atom stereocenters. The van der Waals surface area contributed by atoms with Crippen LogP contribution in [0.2, 0.25) is 0 Å². The SMILES string of the molecule is CCOC(=O)C(C)(C)c1csc(NCc2ccccc2)n1. The van der Waals surface area contributed by atoms with E-state index < -0.39 is 5.41 Å². The van der Waals surface area contributed by atoms with Crippen LogP contribution in [0.5, 0.6) is 0 Å². The fraction of sp³-hybridized carbons (Fsp3) is 0.375. The lowest BCUT2D eigenvalue weighted by molar-refractivity contribution is -0.148. The number of anilines is 1. The summed E-state index contributed by atoms with van der Waals surface area (Å²) in [6, 6.07) is 10.1. The van der Waals surface area contributed by atoms with E-state index in [1.165, 1.54) is 16.9 Å². The maximum atomic E-state index is 12.0. The predicted octanol–water partition coefficient (Wildman–Crippen LogP) is 3.60. The molecule has 5 heteroatoms. The summed E-state index contributed by atoms with van der Waals surface area (Å²) in [6.45, 7) is 6.57. The third-order valence-corrected chi connectivity index (χ3v) is 4.02. The number of ether oxygens (including phenoxy) is 1. The highest BCUT2D eigenvalue weighted by molar-refractivity contribution is 7.13. The van der Waals surface area contributed by atoms with Gasteiger partial charge >= 0.3 is 5.97 Å². The van der Waals surface area contributed by atoms with Crippen molar-refractivity contribution in [1.82, 2.24) is 4.98 Å². The molecule has 0 fully saturated rings. The van der Waals surface area contributed by atoms with Gasteiger partial charge in [-0.25, -0.2) is 4.98 Å². The Bertz CT molecular complexity index is 593. The maximum absolute atomic E-state index is 12.0. The molecule has 0 saturated carbocycles. The van der Waals surface area contributed by atoms with Crippen LogP contribution in [0.1, 0.15) is 32.0 Å². The van der Waals surface area contributed by atoms with Crippen LogP contribution in [0.3, 0.4) is 0 Å². The summed E-state index contributed by atoms with van der Waals surface area (Å²) < 4.78 is 5.10. The zero-order valence-electron chi connectivity index (χ0n) is 12.6. The highest BCUT2D eigenvalue weighted by Crippen LogP contribution is 2.28. The summed E-state index contributed by atoms with van der Waals surface area (Å²) in [7, 11) is 0. The Hall–Kier alpha value is -1.88. The van der Waals surface area contributed by atoms with Crippen molar-refractivity contribution in [3.05, 3.63) is 47.0 Å². The van der Waals surface area contributed by atoms with E-state index in [1.807, 2.05) is 44.4 Å². The fourth-order valence-corrected chi connectivity index (χ4v) is 2.71. The van der Waals surface area contributed by atoms with Crippen molar-refractivity contribution in [2.45, 2.75) is 32.7 Å². The number of aromatic nitrogens is 1. The smallest absolute Gasteiger partial charge is 0.317 e. The van der Waals surface area contributed by atoms with Gasteiger partial charge in [-0.05, 0) is 26.3 Å². The van der Waals surface area contributed by atoms with E-state index >= 15 is 0 Å². The molecule has 1 N–H and O–H groups in total. The van der Waals surface area contributed by atoms with Crippen LogP contribution in [0, 0.1) is 0 Å². The van der Waals surface area contributed by atoms with Crippen molar-refractivity contribution < 1.29 is 9.53 Å². The van der Waals surface area contributed by atoms with Gasteiger partial charge in [-0.1, -0.05) is 30.3 Å². The van der Waals surface area contributed by atoms with Crippen molar-refractivity contribution in [1.29, 1.82) is 0 Å². The lowest BCUT2D eigenvalue weighted by Crippen LogP contribution is -2.31. The molecule has 0 amide bonds. The molecule has 0 saturated heterocycles. The highest BCUT2D eigenvalue weighted by atomic mass is 32.1. The van der Waals surface area contributed by atoms with E-state index in [1.54, 1.807) is 0 Å². The standard InChI is InChI=1S/C16H20N2O2S/c1-4-20-14(19)16(2,3)13-11-21-15(18-13)17-10-12-8-6-5-7-9-12/h5-9,11H,4,10H2,1-3H3,(H,17,18). The summed E-state index contributed by atoms with van der Waals surface area (Å²) in [5.41, 5.74) is 1.21. The van der Waals surface area contributed by atoms with Crippen LogP contribution in [-0.2, 0) is 21.5 Å². The Balaban J connectivity index is 2.02. The molecular formula is C16H20N2O2S. The predicted molar refractivity (Wildman–Crippen MR) is 85.5 cm³/mol. The van der Waals surface area contributed by atoms with Crippen molar-refractivity contribution >= 4 is 22.4 Å². The van der Waals surface area contributed by atoms with Crippen LogP contribution in [0.15, 0.2) is 35.7 Å². The molecule has 21 heavy (non-hydrogen) atoms. The lowest BCUT2D eigenvalue weighted by atomic mass is 9.90. The maximum Gasteiger partial charge on any atom is 0.317 e. The number of rotatable bonds is 6. The van der Waals surface area contributed by atoms with Crippen molar-refractivity contribution in [3.8, 4) is 0 Å². The van der Waals surface area contributed by atoms with Gasteiger partial charge in [-0.2, -0.15) is 0 Å². The summed E-state index contributed by atoms with van der Waals surface area (Å²) in [5, 5.41) is 6.00. The Morgan fingerprint density at radius 1 is 1.33 bits per heavy atom. The van der Waals surface area contributed by atoms with Gasteiger partial charge in [0.25, 0.3) is 0 Å². The first kappa shape index (κ1) is 15.5. The van der Waals surface area contributed by atoms with Gasteiger partial charge in [-0.3, -0.25) is 4.79 Å². The van der Waals surface area contributed by atoms with Gasteiger partial charge in [0.2, 0.25) is 0 Å². The number of esters is 1. The number of nitrogens with one attached hydrogen (secondary N) is 1. The first-order valence-corrected chi connectivity index (χ1v) is 7.83. The molecule has 0 bridgehead atoms. The Kier molecular flexibility index (Phi) is 4.96. The van der Waals surface area contributed by atoms with Crippen LogP contribution < -0.4 is 5.32 Å². The van der Waals surface area contributed by atoms with E-state index in [0.717, 1.165) is 10.8 Å². The number of thiazole rings is 1. The summed E-state index contributed by atoms with van der Waals surface area (Å²) in [4.78, 5) is 16.5. The van der Waals surface area contributed by atoms with E-state index in [2.05, 4.69) is 22.4 Å². The second-order valence-corrected chi connectivity index (χ2v) is 6.08. The molecule has 1 heterocycles. The normalized spacial score (nSPS) is 11.2. The lowest BCUT2D eigenvalue weighted by Gasteiger charge is -2.19. The molecule has 2 rings (SSSR count). The van der Waals surface area contributed by atoms with E-state index in [0.29, 0.717) is 13.2 Å². The van der Waals surface area contributed by atoms with E-state index in [9.17, 15) is 4.79 Å². The zero-order chi connectivity index (χ0) is 15.3. The third-order valence-electron chi connectivity index (χ3n) is 3.22. The topological polar surface area (TPSA) is 51.2 Å². The molecule has 0 aliphatic heterocycles. The molecular weight excluding hydrogens is 284 g/mol. The van der Waals surface area contributed by atoms with Crippen molar-refractivity contribution in [2.75, 3.05) is 11.9 Å². The Morgan fingerprint density at radius 3 is 2.71 bits per heavy atom. The van der Waals surface area contributed by atoms with Crippen molar-refractivity contribution in [3.63, 3.8) is 0 Å². The van der Waals surface area contributed by atoms with Crippen LogP contribution >= 0.6 is 11.3 Å². The quantitative estimate of drug-likeness (QED) is 0.829. The number of hydrogen-bond donors (Lipinski definition) is 1. The molecule has 0 aliphatic rings. The first-order valence-electron chi connectivity index (χ1n) is 6.95. The summed E-state index contributed by atoms with van der Waals surface area (Å²) in [5.74, 6) is -0.245. The molecule has 112 valence electrons. The number of nitrogens with zero attached hydrogens (tertiary/aromatic N) is 1. The molecule has 2 aromatic rings. The Labute approximate surface area is 129 Å². The molecule has 0 aliphatic carbocycles. The third kappa shape index (κ3) is 3.82. The molecule has 0 spiro atoms. The van der Waals surface area contributed by atoms with Gasteiger partial charge in [0.05, 0.1) is 12.3 Å². The second kappa shape index (κ2) is 6.72. The van der Waals surface area contributed by atoms with Crippen LogP contribution in [-0.4, -0.2) is 17.6 Å². The molecule has 0 unspecified atom stereocenters. The minimum absolute atomic E-state index is 0.245. The van der Waals surface area contributed by atoms with Crippen molar-refractivity contribution in [2.24, 2.45) is 0 Å². The van der Waals surface area contributed by atoms with E-state index in [4.69, 9.17) is 4.74 Å². The average Bonchev–Trinajstić information content (AvgIpc) is 2.96. The molecule has 1 aromatic heterocycles. The van der Waals surface area contributed by atoms with Gasteiger partial charge in [-0.15, -0.1) is 11.3 Å². The number of hydrogen-bond acceptors (Lipinski definition) is 5. The molecule has 0 radical (unpaired) electrons. The molecule has 1 aromatic carbocycles. The molecule has 4 nitrogen and oxygen atoms in total. The largest absolute Gasteiger partial charge is 0.465 e. The average molecular weight is 304 g/mol. The Morgan fingerprint density at radius 2 is 2.05 bits per heavy atom. The van der Waals surface area contributed by atoms with Crippen LogP contribution in [0.25, 0.3) is 0 Å². The van der Waals surface area contributed by atoms with E-state index in [-0.39, 0.29) is 5.97 Å². The minimum Gasteiger partial charge on any atom is -0.465 e. The monoisotopic (exact) mass is 304 g/mol. The van der Waals surface area contributed by atoms with Gasteiger partial charge in [0.15, 0.2) is 5.13 Å².